The zero-order valence-electron chi connectivity index (χ0n) is 44.7. The molecular formula is C58H116O7. The SMILES string of the molecule is CCCCCCCCC(=O)CC(CCCCCCCC)CCCCCCCC.CCCCCCCCCCCC(=O)CCCCCCCC.CCCCCO[C@H]1OC(CO)CC(O)C1O. The number of hydrogen-bond acceptors (Lipinski definition) is 7. The van der Waals surface area contributed by atoms with Crippen molar-refractivity contribution < 1.29 is 34.4 Å². The summed E-state index contributed by atoms with van der Waals surface area (Å²) in [4.78, 5) is 24.2. The van der Waals surface area contributed by atoms with Gasteiger partial charge in [-0.15, -0.1) is 0 Å². The van der Waals surface area contributed by atoms with E-state index in [-0.39, 0.29) is 13.0 Å². The zero-order chi connectivity index (χ0) is 48.3. The van der Waals surface area contributed by atoms with Crippen LogP contribution in [0.15, 0.2) is 0 Å². The number of rotatable bonds is 46. The number of Topliss-reactive ketones (excluding diaryl/α,β-unsaturated/α-hetero) is 2. The molecule has 0 aromatic carbocycles. The molecule has 7 nitrogen and oxygen atoms in total. The van der Waals surface area contributed by atoms with Gasteiger partial charge in [0.25, 0.3) is 0 Å². The van der Waals surface area contributed by atoms with E-state index in [4.69, 9.17) is 14.6 Å². The molecule has 0 aliphatic carbocycles. The van der Waals surface area contributed by atoms with Crippen LogP contribution in [0.5, 0.6) is 0 Å². The van der Waals surface area contributed by atoms with Gasteiger partial charge in [-0.25, -0.2) is 0 Å². The molecule has 390 valence electrons. The summed E-state index contributed by atoms with van der Waals surface area (Å²) >= 11 is 0. The van der Waals surface area contributed by atoms with Crippen LogP contribution in [0.1, 0.15) is 318 Å². The fourth-order valence-corrected chi connectivity index (χ4v) is 8.88. The van der Waals surface area contributed by atoms with E-state index in [0.717, 1.165) is 64.2 Å². The molecule has 0 spiro atoms. The fraction of sp³-hybridized carbons (Fsp3) is 0.966. The van der Waals surface area contributed by atoms with E-state index in [1.807, 2.05) is 0 Å². The quantitative estimate of drug-likeness (QED) is 0.0521. The molecule has 1 aliphatic rings. The Bertz CT molecular complexity index is 927. The van der Waals surface area contributed by atoms with Crippen LogP contribution in [-0.4, -0.2) is 64.7 Å². The second-order valence-electron chi connectivity index (χ2n) is 20.1. The van der Waals surface area contributed by atoms with Gasteiger partial charge in [-0.1, -0.05) is 260 Å². The maximum absolute atomic E-state index is 12.5. The van der Waals surface area contributed by atoms with Gasteiger partial charge in [0.15, 0.2) is 6.29 Å². The highest BCUT2D eigenvalue weighted by atomic mass is 16.7. The zero-order valence-corrected chi connectivity index (χ0v) is 44.7. The number of ketones is 2. The van der Waals surface area contributed by atoms with Crippen LogP contribution in [0.4, 0.5) is 0 Å². The summed E-state index contributed by atoms with van der Waals surface area (Å²) in [5.41, 5.74) is 0. The number of aliphatic hydroxyl groups is 3. The largest absolute Gasteiger partial charge is 0.394 e. The summed E-state index contributed by atoms with van der Waals surface area (Å²) < 4.78 is 10.7. The summed E-state index contributed by atoms with van der Waals surface area (Å²) in [5, 5.41) is 28.1. The molecule has 0 saturated carbocycles. The first kappa shape index (κ1) is 66.2. The Morgan fingerprint density at radius 1 is 0.462 bits per heavy atom. The van der Waals surface area contributed by atoms with Gasteiger partial charge < -0.3 is 24.8 Å². The molecule has 1 fully saturated rings. The minimum absolute atomic E-state index is 0.168. The highest BCUT2D eigenvalue weighted by Crippen LogP contribution is 2.24. The molecule has 4 atom stereocenters. The smallest absolute Gasteiger partial charge is 0.186 e. The van der Waals surface area contributed by atoms with Crippen LogP contribution in [0.25, 0.3) is 0 Å². The van der Waals surface area contributed by atoms with E-state index in [1.54, 1.807) is 0 Å². The van der Waals surface area contributed by atoms with Crippen molar-refractivity contribution >= 4 is 11.6 Å². The lowest BCUT2D eigenvalue weighted by molar-refractivity contribution is -0.271. The number of carbonyl (C=O) groups excluding carboxylic acids is 2. The van der Waals surface area contributed by atoms with Crippen molar-refractivity contribution in [2.45, 2.75) is 342 Å². The molecule has 7 heteroatoms. The molecule has 0 radical (unpaired) electrons. The molecule has 3 N–H and O–H groups in total. The first-order valence-electron chi connectivity index (χ1n) is 29.0. The molecule has 0 bridgehead atoms. The van der Waals surface area contributed by atoms with Crippen LogP contribution in [0.3, 0.4) is 0 Å². The first-order valence-corrected chi connectivity index (χ1v) is 29.0. The summed E-state index contributed by atoms with van der Waals surface area (Å²) in [6.07, 6.45) is 50.0. The average Bonchev–Trinajstić information content (AvgIpc) is 3.30. The van der Waals surface area contributed by atoms with Crippen molar-refractivity contribution in [3.63, 3.8) is 0 Å². The molecule has 0 aromatic rings. The van der Waals surface area contributed by atoms with E-state index in [2.05, 4.69) is 41.5 Å². The Balaban J connectivity index is 0. The van der Waals surface area contributed by atoms with Gasteiger partial charge >= 0.3 is 0 Å². The van der Waals surface area contributed by atoms with Crippen LogP contribution >= 0.6 is 0 Å². The predicted octanol–water partition coefficient (Wildman–Crippen LogP) is 17.1. The topological polar surface area (TPSA) is 113 Å². The van der Waals surface area contributed by atoms with Crippen molar-refractivity contribution in [2.75, 3.05) is 13.2 Å². The van der Waals surface area contributed by atoms with Crippen molar-refractivity contribution in [1.29, 1.82) is 0 Å². The third-order valence-electron chi connectivity index (χ3n) is 13.4. The van der Waals surface area contributed by atoms with Crippen LogP contribution in [-0.2, 0) is 19.1 Å². The van der Waals surface area contributed by atoms with E-state index in [1.165, 1.54) is 205 Å². The Hall–Kier alpha value is -0.860. The van der Waals surface area contributed by atoms with Gasteiger partial charge in [-0.3, -0.25) is 9.59 Å². The highest BCUT2D eigenvalue weighted by molar-refractivity contribution is 5.78. The number of aliphatic hydroxyl groups excluding tert-OH is 3. The molecule has 1 rings (SSSR count). The number of unbranched alkanes of at least 4 members (excludes halogenated alkanes) is 30. The first-order chi connectivity index (χ1) is 31.7. The summed E-state index contributed by atoms with van der Waals surface area (Å²) in [5.74, 6) is 1.73. The van der Waals surface area contributed by atoms with Gasteiger partial charge in [0, 0.05) is 38.7 Å². The van der Waals surface area contributed by atoms with E-state index in [0.29, 0.717) is 24.1 Å². The molecule has 0 aromatic heterocycles. The van der Waals surface area contributed by atoms with Crippen molar-refractivity contribution in [3.05, 3.63) is 0 Å². The third kappa shape index (κ3) is 48.0. The molecule has 0 amide bonds. The van der Waals surface area contributed by atoms with Crippen LogP contribution < -0.4 is 0 Å². The minimum atomic E-state index is -1.02. The van der Waals surface area contributed by atoms with Gasteiger partial charge in [-0.2, -0.15) is 0 Å². The summed E-state index contributed by atoms with van der Waals surface area (Å²) in [6, 6.07) is 0. The minimum Gasteiger partial charge on any atom is -0.394 e. The van der Waals surface area contributed by atoms with Crippen molar-refractivity contribution in [2.24, 2.45) is 5.92 Å². The Morgan fingerprint density at radius 2 is 0.785 bits per heavy atom. The molecule has 3 unspecified atom stereocenters. The fourth-order valence-electron chi connectivity index (χ4n) is 8.88. The lowest BCUT2D eigenvalue weighted by atomic mass is 9.89. The van der Waals surface area contributed by atoms with Crippen molar-refractivity contribution in [3.8, 4) is 0 Å². The summed E-state index contributed by atoms with van der Waals surface area (Å²) in [7, 11) is 0. The normalized spacial score (nSPS) is 17.1. The predicted molar refractivity (Wildman–Crippen MR) is 280 cm³/mol. The van der Waals surface area contributed by atoms with Crippen molar-refractivity contribution in [1.82, 2.24) is 0 Å². The molecule has 1 saturated heterocycles. The van der Waals surface area contributed by atoms with Gasteiger partial charge in [0.2, 0.25) is 0 Å². The van der Waals surface area contributed by atoms with Gasteiger partial charge in [-0.05, 0) is 31.6 Å². The monoisotopic (exact) mass is 925 g/mol. The Labute approximate surface area is 405 Å². The molecular weight excluding hydrogens is 809 g/mol. The van der Waals surface area contributed by atoms with Gasteiger partial charge in [0.05, 0.1) is 18.8 Å². The molecule has 1 heterocycles. The number of hydrogen-bond donors (Lipinski definition) is 3. The molecule has 1 aliphatic heterocycles. The second-order valence-corrected chi connectivity index (χ2v) is 20.1. The maximum atomic E-state index is 12.5. The van der Waals surface area contributed by atoms with E-state index >= 15 is 0 Å². The summed E-state index contributed by atoms with van der Waals surface area (Å²) in [6.45, 7) is 13.8. The van der Waals surface area contributed by atoms with E-state index < -0.39 is 24.6 Å². The lowest BCUT2D eigenvalue weighted by Crippen LogP contribution is -2.50. The van der Waals surface area contributed by atoms with Crippen LogP contribution in [0, 0.1) is 5.92 Å². The van der Waals surface area contributed by atoms with Crippen LogP contribution in [0.2, 0.25) is 0 Å². The maximum Gasteiger partial charge on any atom is 0.186 e. The van der Waals surface area contributed by atoms with E-state index in [9.17, 15) is 19.8 Å². The Kier molecular flexibility index (Phi) is 55.1. The average molecular weight is 926 g/mol. The second kappa shape index (κ2) is 54.1. The standard InChI is InChI=1S/C27H54O.C20H40O.C11H22O5/c1-4-7-10-13-16-19-22-26(23-20-17-14-11-8-5-2)25-27(28)24-21-18-15-12-9-6-3;1-3-5-7-9-11-12-13-15-17-19-20(21)18-16-14-10-8-6-4-2;1-2-3-4-5-15-11-10(14)9(13)6-8(7-12)16-11/h26H,4-25H2,1-3H3;3-19H2,1-2H3;8-14H,2-7H2,1H3/t;;8?,9?,10?,11-/m..0/s1. The number of carbonyl (C=O) groups is 2. The highest BCUT2D eigenvalue weighted by Gasteiger charge is 2.37. The third-order valence-corrected chi connectivity index (χ3v) is 13.4. The Morgan fingerprint density at radius 3 is 1.15 bits per heavy atom. The molecule has 65 heavy (non-hydrogen) atoms. The van der Waals surface area contributed by atoms with Gasteiger partial charge in [0.1, 0.15) is 17.7 Å². The number of ether oxygens (including phenoxy) is 2. The lowest BCUT2D eigenvalue weighted by Gasteiger charge is -2.36.